The van der Waals surface area contributed by atoms with Gasteiger partial charge in [0.2, 0.25) is 0 Å². The molecular weight excluding hydrogens is 516 g/mol. The van der Waals surface area contributed by atoms with Gasteiger partial charge in [0.15, 0.2) is 0 Å². The van der Waals surface area contributed by atoms with Crippen LogP contribution in [0.1, 0.15) is 57.0 Å². The van der Waals surface area contributed by atoms with Crippen LogP contribution in [0.5, 0.6) is 0 Å². The highest BCUT2D eigenvalue weighted by Crippen LogP contribution is 2.50. The number of hydrogen-bond donors (Lipinski definition) is 0. The van der Waals surface area contributed by atoms with E-state index >= 15 is 0 Å². The summed E-state index contributed by atoms with van der Waals surface area (Å²) in [6.07, 6.45) is 8.07. The Labute approximate surface area is 257 Å². The maximum atomic E-state index is 2.55. The zero-order valence-electron chi connectivity index (χ0n) is 26.1. The minimum atomic E-state index is -0.1000. The normalized spacial score (nSPS) is 13.9. The molecule has 0 saturated heterocycles. The summed E-state index contributed by atoms with van der Waals surface area (Å²) >= 11 is 0. The second kappa shape index (κ2) is 10.7. The van der Waals surface area contributed by atoms with Crippen molar-refractivity contribution < 1.29 is 0 Å². The molecule has 0 aromatic heterocycles. The molecule has 2 aliphatic rings. The second-order valence-electron chi connectivity index (χ2n) is 13.1. The minimum absolute atomic E-state index is 0.1000. The third-order valence-electron chi connectivity index (χ3n) is 9.98. The van der Waals surface area contributed by atoms with Crippen molar-refractivity contribution in [1.82, 2.24) is 0 Å². The molecule has 5 aromatic carbocycles. The number of rotatable bonds is 6. The van der Waals surface area contributed by atoms with E-state index in [9.17, 15) is 0 Å². The highest BCUT2D eigenvalue weighted by molar-refractivity contribution is 5.86. The van der Waals surface area contributed by atoms with Gasteiger partial charge in [-0.1, -0.05) is 144 Å². The van der Waals surface area contributed by atoms with Gasteiger partial charge in [-0.3, -0.25) is 0 Å². The fourth-order valence-corrected chi connectivity index (χ4v) is 7.40. The third-order valence-corrected chi connectivity index (χ3v) is 9.98. The van der Waals surface area contributed by atoms with E-state index in [2.05, 4.69) is 150 Å². The van der Waals surface area contributed by atoms with Crippen molar-refractivity contribution in [3.8, 4) is 22.3 Å². The first-order valence-electron chi connectivity index (χ1n) is 15.7. The Bertz CT molecular complexity index is 1810. The van der Waals surface area contributed by atoms with Crippen molar-refractivity contribution >= 4 is 12.2 Å². The highest BCUT2D eigenvalue weighted by Gasteiger charge is 2.38. The summed E-state index contributed by atoms with van der Waals surface area (Å²) in [7, 11) is 0. The van der Waals surface area contributed by atoms with Gasteiger partial charge in [0.25, 0.3) is 0 Å². The Morgan fingerprint density at radius 3 is 1.49 bits per heavy atom. The van der Waals surface area contributed by atoms with Crippen LogP contribution in [0.15, 0.2) is 114 Å². The first-order chi connectivity index (χ1) is 20.8. The van der Waals surface area contributed by atoms with Gasteiger partial charge in [-0.15, -0.1) is 0 Å². The molecule has 212 valence electrons. The Balaban J connectivity index is 1.36. The molecule has 0 atom stereocenters. The van der Waals surface area contributed by atoms with Crippen LogP contribution in [0.3, 0.4) is 0 Å². The van der Waals surface area contributed by atoms with Crippen LogP contribution in [0.2, 0.25) is 0 Å². The molecule has 0 spiro atoms. The lowest BCUT2D eigenvalue weighted by atomic mass is 9.70. The number of aryl methyl sites for hydroxylation is 4. The maximum Gasteiger partial charge on any atom is 0.0146 e. The molecule has 0 radical (unpaired) electrons. The molecule has 7 rings (SSSR count). The van der Waals surface area contributed by atoms with Crippen LogP contribution in [0, 0.1) is 33.1 Å². The lowest BCUT2D eigenvalue weighted by Gasteiger charge is -2.34. The Morgan fingerprint density at radius 1 is 0.512 bits per heavy atom. The summed E-state index contributed by atoms with van der Waals surface area (Å²) in [4.78, 5) is 0. The van der Waals surface area contributed by atoms with Gasteiger partial charge in [0.1, 0.15) is 0 Å². The summed E-state index contributed by atoms with van der Waals surface area (Å²) in [5.74, 6) is 0. The van der Waals surface area contributed by atoms with Crippen LogP contribution in [0.4, 0.5) is 0 Å². The minimum Gasteiger partial charge on any atom is -0.0622 e. The molecule has 0 heteroatoms. The SMILES string of the molecule is Cc1ccc(C)c(-c2cccc3c2C=C(C(C)(Cc2ccccc2)C2=Cc4c(cccc4-c4cc(C)ccc4C)C2)C3)c1. The van der Waals surface area contributed by atoms with Crippen molar-refractivity contribution in [3.05, 3.63) is 164 Å². The van der Waals surface area contributed by atoms with E-state index in [1.165, 1.54) is 83.5 Å². The van der Waals surface area contributed by atoms with E-state index in [1.807, 2.05) is 0 Å². The van der Waals surface area contributed by atoms with Crippen molar-refractivity contribution in [1.29, 1.82) is 0 Å². The number of fused-ring (bicyclic) bond motifs is 2. The van der Waals surface area contributed by atoms with Crippen LogP contribution in [-0.4, -0.2) is 0 Å². The van der Waals surface area contributed by atoms with Crippen molar-refractivity contribution in [2.45, 2.75) is 53.9 Å². The van der Waals surface area contributed by atoms with Crippen LogP contribution in [-0.2, 0) is 19.3 Å². The van der Waals surface area contributed by atoms with E-state index in [0.717, 1.165) is 19.3 Å². The van der Waals surface area contributed by atoms with Gasteiger partial charge in [0, 0.05) is 5.41 Å². The Morgan fingerprint density at radius 2 is 1.00 bits per heavy atom. The van der Waals surface area contributed by atoms with Gasteiger partial charge in [0.05, 0.1) is 0 Å². The summed E-state index contributed by atoms with van der Waals surface area (Å²) in [5.41, 5.74) is 20.7. The molecule has 43 heavy (non-hydrogen) atoms. The Hall–Kier alpha value is -4.42. The highest BCUT2D eigenvalue weighted by atomic mass is 14.4. The third kappa shape index (κ3) is 4.90. The summed E-state index contributed by atoms with van der Waals surface area (Å²) in [6.45, 7) is 11.4. The fraction of sp³-hybridized carbons (Fsp3) is 0.209. The molecule has 5 aromatic rings. The van der Waals surface area contributed by atoms with Crippen LogP contribution in [0.25, 0.3) is 34.4 Å². The summed E-state index contributed by atoms with van der Waals surface area (Å²) in [6, 6.07) is 38.6. The molecule has 2 aliphatic carbocycles. The predicted molar refractivity (Wildman–Crippen MR) is 184 cm³/mol. The smallest absolute Gasteiger partial charge is 0.0146 e. The van der Waals surface area contributed by atoms with Gasteiger partial charge in [-0.05, 0) is 108 Å². The Kier molecular flexibility index (Phi) is 6.82. The van der Waals surface area contributed by atoms with Gasteiger partial charge < -0.3 is 0 Å². The van der Waals surface area contributed by atoms with Gasteiger partial charge in [-0.25, -0.2) is 0 Å². The van der Waals surface area contributed by atoms with E-state index < -0.39 is 0 Å². The van der Waals surface area contributed by atoms with Crippen molar-refractivity contribution in [2.24, 2.45) is 5.41 Å². The summed E-state index contributed by atoms with van der Waals surface area (Å²) in [5, 5.41) is 0. The lowest BCUT2D eigenvalue weighted by molar-refractivity contribution is 0.466. The van der Waals surface area contributed by atoms with E-state index in [1.54, 1.807) is 0 Å². The van der Waals surface area contributed by atoms with Crippen molar-refractivity contribution in [2.75, 3.05) is 0 Å². The molecule has 0 amide bonds. The average Bonchev–Trinajstić information content (AvgIpc) is 3.66. The molecular formula is C43H40. The maximum absolute atomic E-state index is 2.55. The molecule has 0 unspecified atom stereocenters. The second-order valence-corrected chi connectivity index (χ2v) is 13.1. The van der Waals surface area contributed by atoms with E-state index in [0.29, 0.717) is 0 Å². The van der Waals surface area contributed by atoms with Crippen LogP contribution < -0.4 is 0 Å². The van der Waals surface area contributed by atoms with Gasteiger partial charge in [-0.2, -0.15) is 0 Å². The monoisotopic (exact) mass is 556 g/mol. The number of benzene rings is 5. The van der Waals surface area contributed by atoms with Crippen LogP contribution >= 0.6 is 0 Å². The quantitative estimate of drug-likeness (QED) is 0.195. The first kappa shape index (κ1) is 27.4. The molecule has 0 N–H and O–H groups in total. The predicted octanol–water partition coefficient (Wildman–Crippen LogP) is 11.1. The first-order valence-corrected chi connectivity index (χ1v) is 15.7. The van der Waals surface area contributed by atoms with E-state index in [-0.39, 0.29) is 5.41 Å². The lowest BCUT2D eigenvalue weighted by Crippen LogP contribution is -2.25. The number of hydrogen-bond acceptors (Lipinski definition) is 0. The molecule has 0 saturated carbocycles. The molecule has 0 aliphatic heterocycles. The zero-order valence-corrected chi connectivity index (χ0v) is 26.1. The number of allylic oxidation sites excluding steroid dienone is 2. The molecule has 0 bridgehead atoms. The standard InChI is InChI=1S/C43H40/c1-28-17-19-30(3)39(21-28)37-15-9-13-33-23-35(25-41(33)37)43(5,27-32-11-7-6-8-12-32)36-24-34-14-10-16-38(42(34)26-36)40-22-29(2)18-20-31(40)4/h6-22,25-26H,23-24,27H2,1-5H3. The van der Waals surface area contributed by atoms with E-state index in [4.69, 9.17) is 0 Å². The molecule has 0 nitrogen and oxygen atoms in total. The molecule has 0 fully saturated rings. The topological polar surface area (TPSA) is 0 Å². The zero-order chi connectivity index (χ0) is 29.7. The average molecular weight is 557 g/mol. The molecule has 0 heterocycles. The summed E-state index contributed by atoms with van der Waals surface area (Å²) < 4.78 is 0. The fourth-order valence-electron chi connectivity index (χ4n) is 7.40. The largest absolute Gasteiger partial charge is 0.0622 e. The van der Waals surface area contributed by atoms with Crippen molar-refractivity contribution in [3.63, 3.8) is 0 Å². The van der Waals surface area contributed by atoms with Gasteiger partial charge >= 0.3 is 0 Å².